The molecule has 1 aromatic carbocycles. The van der Waals surface area contributed by atoms with Gasteiger partial charge in [-0.25, -0.2) is 4.79 Å². The summed E-state index contributed by atoms with van der Waals surface area (Å²) >= 11 is 0. The first kappa shape index (κ1) is 14.5. The molecule has 0 saturated carbocycles. The van der Waals surface area contributed by atoms with Crippen LogP contribution < -0.4 is 15.8 Å². The molecule has 4 rings (SSSR count). The minimum Gasteiger partial charge on any atom is -0.484 e. The van der Waals surface area contributed by atoms with Crippen LogP contribution in [0.3, 0.4) is 0 Å². The molecule has 122 valence electrons. The van der Waals surface area contributed by atoms with Crippen molar-refractivity contribution in [3.8, 4) is 5.75 Å². The number of fused-ring (bicyclic) bond motifs is 2. The number of aromatic nitrogens is 3. The molecule has 3 aromatic rings. The van der Waals surface area contributed by atoms with Gasteiger partial charge in [-0.2, -0.15) is 0 Å². The van der Waals surface area contributed by atoms with E-state index in [0.717, 1.165) is 35.4 Å². The second-order valence-corrected chi connectivity index (χ2v) is 5.84. The molecule has 2 atom stereocenters. The Bertz CT molecular complexity index is 891. The maximum absolute atomic E-state index is 11.2. The lowest BCUT2D eigenvalue weighted by Gasteiger charge is -2.31. The van der Waals surface area contributed by atoms with Crippen molar-refractivity contribution in [3.05, 3.63) is 60.0 Å². The number of hydrogen-bond acceptors (Lipinski definition) is 4. The van der Waals surface area contributed by atoms with Crippen molar-refractivity contribution in [2.24, 2.45) is 5.73 Å². The maximum Gasteiger partial charge on any atom is 0.312 e. The molecule has 2 aromatic heterocycles. The van der Waals surface area contributed by atoms with Gasteiger partial charge in [0.15, 0.2) is 5.65 Å². The van der Waals surface area contributed by atoms with Crippen LogP contribution in [-0.4, -0.2) is 20.6 Å². The highest BCUT2D eigenvalue weighted by atomic mass is 16.5. The maximum atomic E-state index is 11.2. The molecule has 7 heteroatoms. The van der Waals surface area contributed by atoms with Crippen LogP contribution in [0.1, 0.15) is 36.1 Å². The van der Waals surface area contributed by atoms with Crippen LogP contribution in [0.4, 0.5) is 4.79 Å². The molecule has 0 aliphatic heterocycles. The van der Waals surface area contributed by atoms with Crippen LogP contribution in [0.15, 0.2) is 48.9 Å². The predicted octanol–water partition coefficient (Wildman–Crippen LogP) is 2.35. The van der Waals surface area contributed by atoms with Crippen molar-refractivity contribution < 1.29 is 9.53 Å². The van der Waals surface area contributed by atoms with Gasteiger partial charge in [0.25, 0.3) is 0 Å². The summed E-state index contributed by atoms with van der Waals surface area (Å²) < 4.78 is 8.01. The number of pyridine rings is 1. The quantitative estimate of drug-likeness (QED) is 0.773. The highest BCUT2D eigenvalue weighted by Gasteiger charge is 2.28. The zero-order chi connectivity index (χ0) is 16.5. The van der Waals surface area contributed by atoms with Crippen LogP contribution >= 0.6 is 0 Å². The van der Waals surface area contributed by atoms with E-state index in [0.29, 0.717) is 0 Å². The molecule has 0 spiro atoms. The molecule has 2 unspecified atom stereocenters. The van der Waals surface area contributed by atoms with Crippen molar-refractivity contribution in [1.29, 1.82) is 0 Å². The van der Waals surface area contributed by atoms with E-state index in [9.17, 15) is 4.79 Å². The van der Waals surface area contributed by atoms with Crippen molar-refractivity contribution in [3.63, 3.8) is 0 Å². The summed E-state index contributed by atoms with van der Waals surface area (Å²) in [6, 6.07) is 11.2. The monoisotopic (exact) mass is 323 g/mol. The van der Waals surface area contributed by atoms with Crippen molar-refractivity contribution in [2.75, 3.05) is 0 Å². The second-order valence-electron chi connectivity index (χ2n) is 5.84. The molecular weight excluding hydrogens is 306 g/mol. The summed E-state index contributed by atoms with van der Waals surface area (Å²) in [4.78, 5) is 11.2. The van der Waals surface area contributed by atoms with Gasteiger partial charge in [0, 0.05) is 0 Å². The molecule has 0 radical (unpaired) electrons. The zero-order valence-electron chi connectivity index (χ0n) is 12.9. The number of amides is 2. The number of benzene rings is 1. The Morgan fingerprint density at radius 3 is 2.88 bits per heavy atom. The van der Waals surface area contributed by atoms with Gasteiger partial charge >= 0.3 is 6.03 Å². The second kappa shape index (κ2) is 5.84. The van der Waals surface area contributed by atoms with Crippen LogP contribution in [0, 0.1) is 0 Å². The molecule has 0 saturated heterocycles. The summed E-state index contributed by atoms with van der Waals surface area (Å²) in [5.74, 6) is 0.753. The first-order valence-corrected chi connectivity index (χ1v) is 7.81. The van der Waals surface area contributed by atoms with Gasteiger partial charge in [0.1, 0.15) is 18.2 Å². The Morgan fingerprint density at radius 2 is 2.04 bits per heavy atom. The minimum absolute atomic E-state index is 0.0685. The number of rotatable bonds is 3. The fraction of sp³-hybridized carbons (Fsp3) is 0.235. The first-order valence-electron chi connectivity index (χ1n) is 7.81. The third kappa shape index (κ3) is 2.64. The smallest absolute Gasteiger partial charge is 0.312 e. The predicted molar refractivity (Wildman–Crippen MR) is 87.5 cm³/mol. The van der Waals surface area contributed by atoms with E-state index in [1.54, 1.807) is 6.33 Å². The van der Waals surface area contributed by atoms with Crippen molar-refractivity contribution in [2.45, 2.75) is 25.0 Å². The lowest BCUT2D eigenvalue weighted by atomic mass is 9.85. The highest BCUT2D eigenvalue weighted by Crippen LogP contribution is 2.38. The SMILES string of the molecule is NC(=O)NC1CCC(Oc2ccc3nncn3c2)c2ccccc21. The topological polar surface area (TPSA) is 94.5 Å². The number of primary amides is 1. The van der Waals surface area contributed by atoms with Crippen LogP contribution in [0.2, 0.25) is 0 Å². The van der Waals surface area contributed by atoms with Crippen molar-refractivity contribution >= 4 is 11.7 Å². The lowest BCUT2D eigenvalue weighted by molar-refractivity contribution is 0.171. The number of hydrogen-bond donors (Lipinski definition) is 2. The zero-order valence-corrected chi connectivity index (χ0v) is 12.9. The molecule has 1 aliphatic carbocycles. The van der Waals surface area contributed by atoms with E-state index in [-0.39, 0.29) is 12.1 Å². The van der Waals surface area contributed by atoms with E-state index in [4.69, 9.17) is 10.5 Å². The largest absolute Gasteiger partial charge is 0.484 e. The van der Waals surface area contributed by atoms with E-state index in [1.807, 2.05) is 47.0 Å². The molecule has 2 heterocycles. The summed E-state index contributed by atoms with van der Waals surface area (Å²) in [5.41, 5.74) is 8.19. The normalized spacial score (nSPS) is 19.7. The van der Waals surface area contributed by atoms with Gasteiger partial charge in [-0.3, -0.25) is 4.40 Å². The third-order valence-electron chi connectivity index (χ3n) is 4.29. The fourth-order valence-corrected chi connectivity index (χ4v) is 3.24. The van der Waals surface area contributed by atoms with E-state index in [2.05, 4.69) is 15.5 Å². The van der Waals surface area contributed by atoms with Gasteiger partial charge < -0.3 is 15.8 Å². The van der Waals surface area contributed by atoms with Gasteiger partial charge in [-0.05, 0) is 36.1 Å². The Morgan fingerprint density at radius 1 is 1.21 bits per heavy atom. The van der Waals surface area contributed by atoms with E-state index in [1.165, 1.54) is 0 Å². The molecule has 1 aliphatic rings. The summed E-state index contributed by atoms with van der Waals surface area (Å²) in [5, 5.41) is 10.7. The Kier molecular flexibility index (Phi) is 3.53. The third-order valence-corrected chi connectivity index (χ3v) is 4.29. The molecule has 0 bridgehead atoms. The lowest BCUT2D eigenvalue weighted by Crippen LogP contribution is -2.36. The molecule has 2 amide bonds. The Balaban J connectivity index is 1.62. The number of nitrogens with one attached hydrogen (secondary N) is 1. The van der Waals surface area contributed by atoms with E-state index < -0.39 is 6.03 Å². The molecule has 0 fully saturated rings. The van der Waals surface area contributed by atoms with Crippen LogP contribution in [0.5, 0.6) is 5.75 Å². The molecular formula is C17H17N5O2. The Hall–Kier alpha value is -3.09. The Labute approximate surface area is 138 Å². The number of nitrogens with zero attached hydrogens (tertiary/aromatic N) is 3. The van der Waals surface area contributed by atoms with Crippen molar-refractivity contribution in [1.82, 2.24) is 19.9 Å². The molecule has 3 N–H and O–H groups in total. The van der Waals surface area contributed by atoms with Gasteiger partial charge in [-0.1, -0.05) is 24.3 Å². The van der Waals surface area contributed by atoms with Crippen LogP contribution in [0.25, 0.3) is 5.65 Å². The average molecular weight is 323 g/mol. The van der Waals surface area contributed by atoms with Crippen LogP contribution in [-0.2, 0) is 0 Å². The van der Waals surface area contributed by atoms with Gasteiger partial charge in [0.05, 0.1) is 12.2 Å². The van der Waals surface area contributed by atoms with E-state index >= 15 is 0 Å². The number of carbonyl (C=O) groups excluding carboxylic acids is 1. The molecule has 24 heavy (non-hydrogen) atoms. The average Bonchev–Trinajstić information content (AvgIpc) is 3.04. The summed E-state index contributed by atoms with van der Waals surface area (Å²) in [6.45, 7) is 0. The van der Waals surface area contributed by atoms with Gasteiger partial charge in [-0.15, -0.1) is 10.2 Å². The number of urea groups is 1. The standard InChI is InChI=1S/C17H17N5O2/c18-17(23)20-14-6-7-15(13-4-2-1-3-12(13)14)24-11-5-8-16-21-19-10-22(16)9-11/h1-5,8-10,14-15H,6-7H2,(H3,18,20,23). The number of carbonyl (C=O) groups is 1. The minimum atomic E-state index is -0.507. The number of ether oxygens (including phenoxy) is 1. The molecule has 7 nitrogen and oxygen atoms in total. The summed E-state index contributed by atoms with van der Waals surface area (Å²) in [6.07, 6.45) is 5.01. The summed E-state index contributed by atoms with van der Waals surface area (Å²) in [7, 11) is 0. The first-order chi connectivity index (χ1) is 11.7. The highest BCUT2D eigenvalue weighted by molar-refractivity contribution is 5.72. The van der Waals surface area contributed by atoms with Gasteiger partial charge in [0.2, 0.25) is 0 Å². The fourth-order valence-electron chi connectivity index (χ4n) is 3.24. The number of nitrogens with two attached hydrogens (primary N) is 1.